The summed E-state index contributed by atoms with van der Waals surface area (Å²) < 4.78 is 11.0. The van der Waals surface area contributed by atoms with Crippen LogP contribution in [-0.4, -0.2) is 57.6 Å². The van der Waals surface area contributed by atoms with Gasteiger partial charge in [0.05, 0.1) is 18.6 Å². The maximum atomic E-state index is 6.30. The van der Waals surface area contributed by atoms with Crippen LogP contribution in [0.1, 0.15) is 30.2 Å². The topological polar surface area (TPSA) is 106 Å². The van der Waals surface area contributed by atoms with E-state index < -0.39 is 6.04 Å². The number of pyridine rings is 1. The molecule has 0 amide bonds. The first-order valence-corrected chi connectivity index (χ1v) is 9.78. The number of aromatic nitrogens is 4. The maximum absolute atomic E-state index is 6.30. The number of anilines is 1. The average Bonchev–Trinajstić information content (AvgIpc) is 3.29. The van der Waals surface area contributed by atoms with Crippen LogP contribution in [0.2, 0.25) is 0 Å². The van der Waals surface area contributed by atoms with Crippen LogP contribution < -0.4 is 15.4 Å². The molecule has 1 aliphatic rings. The summed E-state index contributed by atoms with van der Waals surface area (Å²) in [6.45, 7) is 6.60. The van der Waals surface area contributed by atoms with Crippen LogP contribution >= 0.6 is 0 Å². The van der Waals surface area contributed by atoms with Gasteiger partial charge in [-0.15, -0.1) is 0 Å². The van der Waals surface area contributed by atoms with Gasteiger partial charge in [-0.3, -0.25) is 9.88 Å². The lowest BCUT2D eigenvalue weighted by Gasteiger charge is -2.34. The molecule has 0 bridgehead atoms. The smallest absolute Gasteiger partial charge is 0.321 e. The van der Waals surface area contributed by atoms with Crippen molar-refractivity contribution in [3.8, 4) is 6.01 Å². The molecule has 1 aliphatic heterocycles. The van der Waals surface area contributed by atoms with Crippen molar-refractivity contribution in [1.82, 2.24) is 24.8 Å². The Morgan fingerprint density at radius 1 is 1.10 bits per heavy atom. The summed E-state index contributed by atoms with van der Waals surface area (Å²) in [5, 5.41) is 0. The van der Waals surface area contributed by atoms with E-state index in [4.69, 9.17) is 14.9 Å². The van der Waals surface area contributed by atoms with Crippen LogP contribution in [0.25, 0.3) is 0 Å². The van der Waals surface area contributed by atoms with Gasteiger partial charge >= 0.3 is 6.01 Å². The Kier molecular flexibility index (Phi) is 5.97. The summed E-state index contributed by atoms with van der Waals surface area (Å²) in [5.41, 5.74) is 7.37. The van der Waals surface area contributed by atoms with E-state index in [0.717, 1.165) is 38.4 Å². The van der Waals surface area contributed by atoms with E-state index >= 15 is 0 Å². The standard InChI is InChI=1S/C20H25N7O2/c1-2-28-20-24-18(17(21)16-7-5-13-29-16)23-19(25-20)27-11-9-26(10-12-27)14-15-6-3-4-8-22-15/h3-8,13,17H,2,9-12,14,21H2,1H3. The Labute approximate surface area is 169 Å². The number of piperazine rings is 1. The Morgan fingerprint density at radius 2 is 1.97 bits per heavy atom. The van der Waals surface area contributed by atoms with Crippen LogP contribution in [0.15, 0.2) is 47.2 Å². The Bertz CT molecular complexity index is 896. The van der Waals surface area contributed by atoms with Gasteiger partial charge in [-0.25, -0.2) is 0 Å². The number of nitrogens with two attached hydrogens (primary N) is 1. The summed E-state index contributed by atoms with van der Waals surface area (Å²) in [4.78, 5) is 22.4. The molecule has 0 aromatic carbocycles. The Morgan fingerprint density at radius 3 is 2.66 bits per heavy atom. The first-order valence-electron chi connectivity index (χ1n) is 9.78. The van der Waals surface area contributed by atoms with Crippen molar-refractivity contribution < 1.29 is 9.15 Å². The highest BCUT2D eigenvalue weighted by molar-refractivity contribution is 5.33. The highest BCUT2D eigenvalue weighted by atomic mass is 16.5. The van der Waals surface area contributed by atoms with Gasteiger partial charge in [0.2, 0.25) is 5.95 Å². The van der Waals surface area contributed by atoms with E-state index in [0.29, 0.717) is 24.1 Å². The molecule has 152 valence electrons. The zero-order chi connectivity index (χ0) is 20.1. The van der Waals surface area contributed by atoms with Crippen molar-refractivity contribution in [3.05, 3.63) is 60.1 Å². The van der Waals surface area contributed by atoms with Crippen molar-refractivity contribution in [2.45, 2.75) is 19.5 Å². The normalized spacial score (nSPS) is 16.0. The van der Waals surface area contributed by atoms with Gasteiger partial charge in [0.1, 0.15) is 11.8 Å². The van der Waals surface area contributed by atoms with Crippen molar-refractivity contribution in [2.24, 2.45) is 5.73 Å². The van der Waals surface area contributed by atoms with Crippen LogP contribution in [-0.2, 0) is 6.54 Å². The largest absolute Gasteiger partial charge is 0.467 e. The molecule has 0 spiro atoms. The van der Waals surface area contributed by atoms with E-state index in [1.165, 1.54) is 0 Å². The molecular weight excluding hydrogens is 370 g/mol. The number of hydrogen-bond acceptors (Lipinski definition) is 9. The molecular formula is C20H25N7O2. The van der Waals surface area contributed by atoms with E-state index in [9.17, 15) is 0 Å². The first kappa shape index (κ1) is 19.3. The predicted molar refractivity (Wildman–Crippen MR) is 107 cm³/mol. The molecule has 1 saturated heterocycles. The highest BCUT2D eigenvalue weighted by Crippen LogP contribution is 2.22. The Hall–Kier alpha value is -3.04. The Balaban J connectivity index is 1.47. The second-order valence-corrected chi connectivity index (χ2v) is 6.79. The molecule has 4 rings (SSSR count). The van der Waals surface area contributed by atoms with Gasteiger partial charge in [-0.05, 0) is 31.2 Å². The predicted octanol–water partition coefficient (Wildman–Crippen LogP) is 1.63. The molecule has 29 heavy (non-hydrogen) atoms. The molecule has 0 radical (unpaired) electrons. The van der Waals surface area contributed by atoms with E-state index in [-0.39, 0.29) is 6.01 Å². The van der Waals surface area contributed by atoms with Crippen LogP contribution in [0, 0.1) is 0 Å². The number of ether oxygens (including phenoxy) is 1. The zero-order valence-electron chi connectivity index (χ0n) is 16.4. The molecule has 4 heterocycles. The SMILES string of the molecule is CCOc1nc(C(N)c2ccco2)nc(N2CCN(Cc3ccccn3)CC2)n1. The average molecular weight is 395 g/mol. The minimum absolute atomic E-state index is 0.283. The first-order chi connectivity index (χ1) is 14.2. The third-order valence-electron chi connectivity index (χ3n) is 4.79. The quantitative estimate of drug-likeness (QED) is 0.639. The number of nitrogens with zero attached hydrogens (tertiary/aromatic N) is 6. The summed E-state index contributed by atoms with van der Waals surface area (Å²) in [6.07, 6.45) is 3.41. The maximum Gasteiger partial charge on any atom is 0.321 e. The number of furan rings is 1. The molecule has 2 N–H and O–H groups in total. The second kappa shape index (κ2) is 8.97. The van der Waals surface area contributed by atoms with Crippen molar-refractivity contribution in [1.29, 1.82) is 0 Å². The van der Waals surface area contributed by atoms with Crippen molar-refractivity contribution in [2.75, 3.05) is 37.7 Å². The minimum Gasteiger partial charge on any atom is -0.467 e. The summed E-state index contributed by atoms with van der Waals surface area (Å²) in [5.74, 6) is 1.62. The summed E-state index contributed by atoms with van der Waals surface area (Å²) in [6, 6.07) is 9.31. The van der Waals surface area contributed by atoms with Gasteiger partial charge in [-0.2, -0.15) is 15.0 Å². The van der Waals surface area contributed by atoms with E-state index in [1.54, 1.807) is 12.3 Å². The highest BCUT2D eigenvalue weighted by Gasteiger charge is 2.23. The number of hydrogen-bond donors (Lipinski definition) is 1. The molecule has 3 aromatic heterocycles. The monoisotopic (exact) mass is 395 g/mol. The molecule has 1 fully saturated rings. The molecule has 9 heteroatoms. The van der Waals surface area contributed by atoms with Gasteiger partial charge in [-0.1, -0.05) is 6.07 Å². The lowest BCUT2D eigenvalue weighted by molar-refractivity contribution is 0.245. The third-order valence-corrected chi connectivity index (χ3v) is 4.79. The van der Waals surface area contributed by atoms with Crippen molar-refractivity contribution >= 4 is 5.95 Å². The molecule has 3 aromatic rings. The zero-order valence-corrected chi connectivity index (χ0v) is 16.4. The van der Waals surface area contributed by atoms with Gasteiger partial charge in [0, 0.05) is 38.9 Å². The van der Waals surface area contributed by atoms with Gasteiger partial charge in [0.15, 0.2) is 5.82 Å². The summed E-state index contributed by atoms with van der Waals surface area (Å²) in [7, 11) is 0. The fourth-order valence-electron chi connectivity index (χ4n) is 3.26. The molecule has 1 atom stereocenters. The van der Waals surface area contributed by atoms with Crippen LogP contribution in [0.3, 0.4) is 0 Å². The van der Waals surface area contributed by atoms with E-state index in [2.05, 4.69) is 35.8 Å². The van der Waals surface area contributed by atoms with Crippen molar-refractivity contribution in [3.63, 3.8) is 0 Å². The number of rotatable bonds is 7. The lowest BCUT2D eigenvalue weighted by atomic mass is 10.2. The minimum atomic E-state index is -0.573. The van der Waals surface area contributed by atoms with Gasteiger partial charge < -0.3 is 19.8 Å². The summed E-state index contributed by atoms with van der Waals surface area (Å²) >= 11 is 0. The van der Waals surface area contributed by atoms with Crippen LogP contribution in [0.5, 0.6) is 6.01 Å². The lowest BCUT2D eigenvalue weighted by Crippen LogP contribution is -2.46. The molecule has 0 aliphatic carbocycles. The fourth-order valence-corrected chi connectivity index (χ4v) is 3.26. The molecule has 1 unspecified atom stereocenters. The molecule has 9 nitrogen and oxygen atoms in total. The van der Waals surface area contributed by atoms with Gasteiger partial charge in [0.25, 0.3) is 0 Å². The second-order valence-electron chi connectivity index (χ2n) is 6.79. The third kappa shape index (κ3) is 4.69. The van der Waals surface area contributed by atoms with Crippen LogP contribution in [0.4, 0.5) is 5.95 Å². The fraction of sp³-hybridized carbons (Fsp3) is 0.400. The molecule has 0 saturated carbocycles. The van der Waals surface area contributed by atoms with E-state index in [1.807, 2.05) is 31.3 Å².